The maximum atomic E-state index is 12.0. The van der Waals surface area contributed by atoms with E-state index < -0.39 is 5.97 Å². The highest BCUT2D eigenvalue weighted by molar-refractivity contribution is 9.10. The molecule has 0 aliphatic heterocycles. The number of benzene rings is 3. The number of hydrogen-bond donors (Lipinski definition) is 1. The van der Waals surface area contributed by atoms with E-state index in [0.717, 1.165) is 15.6 Å². The quantitative estimate of drug-likeness (QED) is 0.193. The molecule has 0 saturated heterocycles. The smallest absolute Gasteiger partial charge is 0.336 e. The maximum absolute atomic E-state index is 12.0. The van der Waals surface area contributed by atoms with Gasteiger partial charge in [-0.1, -0.05) is 52.3 Å². The molecule has 0 aliphatic rings. The van der Waals surface area contributed by atoms with Crippen molar-refractivity contribution in [2.75, 3.05) is 0 Å². The molecule has 0 saturated carbocycles. The van der Waals surface area contributed by atoms with Crippen LogP contribution in [0.25, 0.3) is 6.08 Å². The Bertz CT molecular complexity index is 1050. The zero-order valence-corrected chi connectivity index (χ0v) is 16.9. The fourth-order valence-corrected chi connectivity index (χ4v) is 2.76. The van der Waals surface area contributed by atoms with Gasteiger partial charge < -0.3 is 4.74 Å². The average molecular weight is 449 g/mol. The minimum atomic E-state index is -0.462. The molecular weight excluding hydrogens is 432 g/mol. The second-order valence-corrected chi connectivity index (χ2v) is 6.86. The number of ether oxygens (including phenoxy) is 1. The van der Waals surface area contributed by atoms with Gasteiger partial charge in [0.1, 0.15) is 5.75 Å². The van der Waals surface area contributed by atoms with Crippen LogP contribution in [-0.4, -0.2) is 18.1 Å². The van der Waals surface area contributed by atoms with Crippen molar-refractivity contribution in [3.05, 3.63) is 106 Å². The summed E-state index contributed by atoms with van der Waals surface area (Å²) in [5.74, 6) is -0.349. The molecule has 0 radical (unpaired) electrons. The van der Waals surface area contributed by atoms with Crippen molar-refractivity contribution in [2.24, 2.45) is 5.10 Å². The largest absolute Gasteiger partial charge is 0.423 e. The van der Waals surface area contributed by atoms with E-state index in [1.165, 1.54) is 12.3 Å². The summed E-state index contributed by atoms with van der Waals surface area (Å²) in [7, 11) is 0. The molecule has 0 aliphatic carbocycles. The molecule has 3 aromatic rings. The highest BCUT2D eigenvalue weighted by Gasteiger charge is 2.04. The third-order valence-electron chi connectivity index (χ3n) is 3.78. The van der Waals surface area contributed by atoms with Crippen LogP contribution < -0.4 is 10.2 Å². The molecule has 1 amide bonds. The van der Waals surface area contributed by atoms with Crippen molar-refractivity contribution in [1.29, 1.82) is 0 Å². The van der Waals surface area contributed by atoms with Gasteiger partial charge in [0.2, 0.25) is 0 Å². The molecule has 0 unspecified atom stereocenters. The molecule has 0 fully saturated rings. The van der Waals surface area contributed by atoms with E-state index in [4.69, 9.17) is 4.74 Å². The first-order valence-corrected chi connectivity index (χ1v) is 9.53. The fourth-order valence-electron chi connectivity index (χ4n) is 2.36. The number of hydrogen-bond acceptors (Lipinski definition) is 4. The Labute approximate surface area is 176 Å². The van der Waals surface area contributed by atoms with Gasteiger partial charge in [-0.05, 0) is 59.7 Å². The van der Waals surface area contributed by atoms with Crippen LogP contribution in [0, 0.1) is 0 Å². The average Bonchev–Trinajstić information content (AvgIpc) is 2.74. The predicted octanol–water partition coefficient (Wildman–Crippen LogP) is 4.83. The van der Waals surface area contributed by atoms with E-state index in [1.807, 2.05) is 36.4 Å². The molecule has 3 aromatic carbocycles. The maximum Gasteiger partial charge on any atom is 0.336 e. The SMILES string of the molecule is O=C(C=Cc1ccccc1)Oc1ccc(C=NNC(=O)c2cccc(Br)c2)cc1. The van der Waals surface area contributed by atoms with E-state index in [0.29, 0.717) is 11.3 Å². The van der Waals surface area contributed by atoms with Crippen molar-refractivity contribution in [1.82, 2.24) is 5.43 Å². The Hall–Kier alpha value is -3.51. The number of hydrazone groups is 1. The number of rotatable bonds is 6. The van der Waals surface area contributed by atoms with Crippen LogP contribution in [0.15, 0.2) is 94.5 Å². The van der Waals surface area contributed by atoms with Crippen LogP contribution in [0.1, 0.15) is 21.5 Å². The van der Waals surface area contributed by atoms with Crippen LogP contribution in [0.5, 0.6) is 5.75 Å². The van der Waals surface area contributed by atoms with Crippen molar-refractivity contribution < 1.29 is 14.3 Å². The lowest BCUT2D eigenvalue weighted by Gasteiger charge is -2.02. The summed E-state index contributed by atoms with van der Waals surface area (Å²) in [5.41, 5.74) is 4.64. The van der Waals surface area contributed by atoms with Crippen LogP contribution in [-0.2, 0) is 4.79 Å². The molecular formula is C23H17BrN2O3. The molecule has 0 aromatic heterocycles. The number of carbonyl (C=O) groups excluding carboxylic acids is 2. The number of nitrogens with zero attached hydrogens (tertiary/aromatic N) is 1. The first-order valence-electron chi connectivity index (χ1n) is 8.74. The van der Waals surface area contributed by atoms with Crippen molar-refractivity contribution in [2.45, 2.75) is 0 Å². The Balaban J connectivity index is 1.52. The number of esters is 1. The molecule has 0 bridgehead atoms. The molecule has 6 heteroatoms. The Morgan fingerprint density at radius 3 is 2.38 bits per heavy atom. The molecule has 144 valence electrons. The van der Waals surface area contributed by atoms with Crippen LogP contribution >= 0.6 is 15.9 Å². The standard InChI is InChI=1S/C23H17BrN2O3/c24-20-8-4-7-19(15-20)23(28)26-25-16-18-9-12-21(13-10-18)29-22(27)14-11-17-5-2-1-3-6-17/h1-16H,(H,26,28). The molecule has 29 heavy (non-hydrogen) atoms. The summed E-state index contributed by atoms with van der Waals surface area (Å²) in [6.07, 6.45) is 4.58. The third kappa shape index (κ3) is 6.55. The normalized spacial score (nSPS) is 10.9. The topological polar surface area (TPSA) is 67.8 Å². The van der Waals surface area contributed by atoms with E-state index >= 15 is 0 Å². The van der Waals surface area contributed by atoms with Gasteiger partial charge in [-0.2, -0.15) is 5.10 Å². The molecule has 0 spiro atoms. The summed E-state index contributed by atoms with van der Waals surface area (Å²) < 4.78 is 6.08. The molecule has 5 nitrogen and oxygen atoms in total. The van der Waals surface area contributed by atoms with Gasteiger partial charge in [0.15, 0.2) is 0 Å². The number of carbonyl (C=O) groups is 2. The van der Waals surface area contributed by atoms with Gasteiger partial charge in [0.25, 0.3) is 5.91 Å². The van der Waals surface area contributed by atoms with Gasteiger partial charge in [-0.25, -0.2) is 10.2 Å². The summed E-state index contributed by atoms with van der Waals surface area (Å²) in [6.45, 7) is 0. The highest BCUT2D eigenvalue weighted by atomic mass is 79.9. The second kappa shape index (κ2) is 10.1. The first-order chi connectivity index (χ1) is 14.1. The van der Waals surface area contributed by atoms with Crippen molar-refractivity contribution in [3.63, 3.8) is 0 Å². The van der Waals surface area contributed by atoms with Crippen molar-refractivity contribution >= 4 is 40.1 Å². The lowest BCUT2D eigenvalue weighted by atomic mass is 10.2. The lowest BCUT2D eigenvalue weighted by molar-refractivity contribution is -0.128. The van der Waals surface area contributed by atoms with E-state index in [-0.39, 0.29) is 5.91 Å². The molecule has 1 N–H and O–H groups in total. The number of amides is 1. The highest BCUT2D eigenvalue weighted by Crippen LogP contribution is 2.13. The molecule has 3 rings (SSSR count). The molecule has 0 heterocycles. The monoisotopic (exact) mass is 448 g/mol. The zero-order chi connectivity index (χ0) is 20.5. The van der Waals surface area contributed by atoms with Crippen molar-refractivity contribution in [3.8, 4) is 5.75 Å². The van der Waals surface area contributed by atoms with Crippen LogP contribution in [0.3, 0.4) is 0 Å². The Kier molecular flexibility index (Phi) is 7.08. The van der Waals surface area contributed by atoms with E-state index in [1.54, 1.807) is 48.5 Å². The summed E-state index contributed by atoms with van der Waals surface area (Å²) >= 11 is 3.32. The number of halogens is 1. The Morgan fingerprint density at radius 1 is 0.897 bits per heavy atom. The van der Waals surface area contributed by atoms with Gasteiger partial charge >= 0.3 is 5.97 Å². The fraction of sp³-hybridized carbons (Fsp3) is 0. The third-order valence-corrected chi connectivity index (χ3v) is 4.27. The lowest BCUT2D eigenvalue weighted by Crippen LogP contribution is -2.17. The van der Waals surface area contributed by atoms with Crippen LogP contribution in [0.4, 0.5) is 0 Å². The van der Waals surface area contributed by atoms with Gasteiger partial charge in [0.05, 0.1) is 6.21 Å². The van der Waals surface area contributed by atoms with Gasteiger partial charge in [-0.15, -0.1) is 0 Å². The predicted molar refractivity (Wildman–Crippen MR) is 117 cm³/mol. The first kappa shape index (κ1) is 20.2. The summed E-state index contributed by atoms with van der Waals surface area (Å²) in [5, 5.41) is 3.94. The Morgan fingerprint density at radius 2 is 1.66 bits per heavy atom. The minimum absolute atomic E-state index is 0.307. The summed E-state index contributed by atoms with van der Waals surface area (Å²) in [4.78, 5) is 23.9. The summed E-state index contributed by atoms with van der Waals surface area (Å²) in [6, 6.07) is 23.3. The second-order valence-electron chi connectivity index (χ2n) is 5.94. The molecule has 0 atom stereocenters. The minimum Gasteiger partial charge on any atom is -0.423 e. The zero-order valence-electron chi connectivity index (χ0n) is 15.3. The van der Waals surface area contributed by atoms with Gasteiger partial charge in [0, 0.05) is 16.1 Å². The number of nitrogens with one attached hydrogen (secondary N) is 1. The van der Waals surface area contributed by atoms with E-state index in [9.17, 15) is 9.59 Å². The van der Waals surface area contributed by atoms with Crippen LogP contribution in [0.2, 0.25) is 0 Å². The van der Waals surface area contributed by atoms with E-state index in [2.05, 4.69) is 26.5 Å². The van der Waals surface area contributed by atoms with Gasteiger partial charge in [-0.3, -0.25) is 4.79 Å².